The third-order valence-corrected chi connectivity index (χ3v) is 0.957. The highest BCUT2D eigenvalue weighted by Crippen LogP contribution is 1.65. The molecule has 0 amide bonds. The van der Waals surface area contributed by atoms with Crippen molar-refractivity contribution in [3.63, 3.8) is 0 Å². The fraction of sp³-hybridized carbons (Fsp3) is 1.00. The van der Waals surface area contributed by atoms with E-state index in [0.29, 0.717) is 0 Å². The molecule has 0 aromatic carbocycles. The lowest BCUT2D eigenvalue weighted by molar-refractivity contribution is 0.534. The third-order valence-electron chi connectivity index (χ3n) is 0.957. The van der Waals surface area contributed by atoms with E-state index in [1.165, 1.54) is 0 Å². The summed E-state index contributed by atoms with van der Waals surface area (Å²) < 4.78 is 0. The van der Waals surface area contributed by atoms with Crippen molar-refractivity contribution in [2.24, 2.45) is 0 Å². The summed E-state index contributed by atoms with van der Waals surface area (Å²) in [4.78, 5) is 0. The van der Waals surface area contributed by atoms with Crippen LogP contribution in [0, 0.1) is 0 Å². The zero-order valence-corrected chi connectivity index (χ0v) is 3.83. The molecule has 42 valence electrons. The summed E-state index contributed by atoms with van der Waals surface area (Å²) in [5.74, 6) is 0. The van der Waals surface area contributed by atoms with Gasteiger partial charge in [0.05, 0.1) is 0 Å². The molecule has 0 saturated carbocycles. The Morgan fingerprint density at radius 2 is 1.00 bits per heavy atom. The Bertz CT molecular complexity index is 25.2. The molecule has 1 aliphatic rings. The van der Waals surface area contributed by atoms with Crippen LogP contribution in [0.15, 0.2) is 0 Å². The second-order valence-corrected chi connectivity index (χ2v) is 1.50. The number of nitrogens with one attached hydrogen (secondary N) is 2. The molecule has 0 aromatic rings. The van der Waals surface area contributed by atoms with Crippen LogP contribution in [0.5, 0.6) is 0 Å². The first-order valence-corrected chi connectivity index (χ1v) is 2.41. The van der Waals surface area contributed by atoms with Crippen molar-refractivity contribution in [2.75, 3.05) is 26.2 Å². The molecule has 0 spiro atoms. The molecule has 0 atom stereocenters. The summed E-state index contributed by atoms with van der Waals surface area (Å²) in [5.41, 5.74) is 0. The molecule has 0 bridgehead atoms. The lowest BCUT2D eigenvalue weighted by atomic mass is 10.4. The van der Waals surface area contributed by atoms with Gasteiger partial charge in [-0.05, 0) is 0 Å². The monoisotopic (exact) mass is 116 g/mol. The van der Waals surface area contributed by atoms with E-state index in [1.807, 2.05) is 0 Å². The molecule has 0 aromatic heterocycles. The van der Waals surface area contributed by atoms with Crippen LogP contribution < -0.4 is 10.6 Å². The Hall–Kier alpha value is 0.452. The molecule has 3 heteroatoms. The molecule has 0 aliphatic carbocycles. The van der Waals surface area contributed by atoms with E-state index < -0.39 is 0 Å². The Balaban J connectivity index is 0.000000360. The van der Waals surface area contributed by atoms with Gasteiger partial charge < -0.3 is 10.6 Å². The Morgan fingerprint density at radius 1 is 0.714 bits per heavy atom. The van der Waals surface area contributed by atoms with Gasteiger partial charge in [0.2, 0.25) is 0 Å². The average molecular weight is 116 g/mol. The van der Waals surface area contributed by atoms with Gasteiger partial charge in [-0.15, -0.1) is 0 Å². The summed E-state index contributed by atoms with van der Waals surface area (Å²) in [6.07, 6.45) is 0. The maximum atomic E-state index is 3.22. The largest absolute Gasteiger partial charge is 0.314 e. The summed E-state index contributed by atoms with van der Waals surface area (Å²) in [6.45, 7) is 4.56. The molecular weight excluding hydrogens is 103 g/mol. The quantitative estimate of drug-likeness (QED) is 0.357. The minimum Gasteiger partial charge on any atom is -0.314 e. The van der Waals surface area contributed by atoms with Crippen LogP contribution in [0.2, 0.25) is 0 Å². The summed E-state index contributed by atoms with van der Waals surface area (Å²) >= 11 is 0. The van der Waals surface area contributed by atoms with Gasteiger partial charge in [-0.25, -0.2) is 0 Å². The predicted molar refractivity (Wildman–Crippen MR) is 35.7 cm³/mol. The Labute approximate surface area is 54.8 Å². The van der Waals surface area contributed by atoms with Crippen LogP contribution in [-0.4, -0.2) is 43.5 Å². The van der Waals surface area contributed by atoms with Crippen molar-refractivity contribution < 1.29 is 0 Å². The van der Waals surface area contributed by atoms with E-state index >= 15 is 0 Å². The van der Waals surface area contributed by atoms with E-state index in [0.717, 1.165) is 26.2 Å². The maximum Gasteiger partial charge on any atom is 0.187 e. The normalized spacial score (nSPS) is 20.6. The molecule has 0 unspecified atom stereocenters. The smallest absolute Gasteiger partial charge is 0.187 e. The van der Waals surface area contributed by atoms with Crippen LogP contribution in [0.1, 0.15) is 0 Å². The molecule has 2 nitrogen and oxygen atoms in total. The van der Waals surface area contributed by atoms with Gasteiger partial charge in [-0.2, -0.15) is 0 Å². The van der Waals surface area contributed by atoms with Crippen molar-refractivity contribution in [3.8, 4) is 0 Å². The van der Waals surface area contributed by atoms with Crippen molar-refractivity contribution in [2.45, 2.75) is 0 Å². The van der Waals surface area contributed by atoms with E-state index in [-0.39, 0.29) is 17.4 Å². The lowest BCUT2D eigenvalue weighted by Crippen LogP contribution is -2.39. The highest BCUT2D eigenvalue weighted by atomic mass is 27.0. The van der Waals surface area contributed by atoms with Crippen molar-refractivity contribution in [3.05, 3.63) is 0 Å². The maximum absolute atomic E-state index is 3.22. The third kappa shape index (κ3) is 3.07. The van der Waals surface area contributed by atoms with Crippen LogP contribution in [0.25, 0.3) is 0 Å². The number of hydrogen-bond acceptors (Lipinski definition) is 2. The van der Waals surface area contributed by atoms with Gasteiger partial charge in [-0.3, -0.25) is 0 Å². The molecule has 1 saturated heterocycles. The van der Waals surface area contributed by atoms with E-state index in [2.05, 4.69) is 10.6 Å². The minimum atomic E-state index is 0. The van der Waals surface area contributed by atoms with Crippen LogP contribution in [0.3, 0.4) is 0 Å². The zero-order chi connectivity index (χ0) is 4.24. The highest BCUT2D eigenvalue weighted by Gasteiger charge is 1.91. The molecule has 0 radical (unpaired) electrons. The Kier molecular flexibility index (Phi) is 4.91. The van der Waals surface area contributed by atoms with Crippen molar-refractivity contribution in [1.29, 1.82) is 0 Å². The molecule has 2 N–H and O–H groups in total. The van der Waals surface area contributed by atoms with Gasteiger partial charge in [0, 0.05) is 26.2 Å². The first-order valence-electron chi connectivity index (χ1n) is 2.41. The second-order valence-electron chi connectivity index (χ2n) is 1.50. The lowest BCUT2D eigenvalue weighted by Gasteiger charge is -2.11. The molecule has 7 heavy (non-hydrogen) atoms. The fourth-order valence-electron chi connectivity index (χ4n) is 0.604. The number of rotatable bonds is 0. The average Bonchev–Trinajstić information content (AvgIpc) is 1.72. The molecular formula is C4H13AlN2. The topological polar surface area (TPSA) is 24.1 Å². The SMILES string of the molecule is C1CNCCN1.[AlH3]. The summed E-state index contributed by atoms with van der Waals surface area (Å²) in [7, 11) is 0. The van der Waals surface area contributed by atoms with Gasteiger partial charge >= 0.3 is 0 Å². The van der Waals surface area contributed by atoms with Crippen LogP contribution in [0.4, 0.5) is 0 Å². The molecule has 1 rings (SSSR count). The second kappa shape index (κ2) is 4.61. The van der Waals surface area contributed by atoms with Gasteiger partial charge in [-0.1, -0.05) is 0 Å². The fourth-order valence-corrected chi connectivity index (χ4v) is 0.604. The molecule has 1 fully saturated rings. The molecule has 1 aliphatic heterocycles. The first-order chi connectivity index (χ1) is 3.00. The zero-order valence-electron chi connectivity index (χ0n) is 3.83. The van der Waals surface area contributed by atoms with Crippen LogP contribution >= 0.6 is 0 Å². The van der Waals surface area contributed by atoms with E-state index in [4.69, 9.17) is 0 Å². The van der Waals surface area contributed by atoms with E-state index in [1.54, 1.807) is 0 Å². The minimum absolute atomic E-state index is 0. The standard InChI is InChI=1S/C4H10N2.Al.3H/c1-2-6-4-3-5-1;;;;/h5-6H,1-4H2;;;;. The number of piperazine rings is 1. The van der Waals surface area contributed by atoms with Crippen molar-refractivity contribution in [1.82, 2.24) is 10.6 Å². The summed E-state index contributed by atoms with van der Waals surface area (Å²) in [6, 6.07) is 0. The first kappa shape index (κ1) is 7.45. The number of hydrogen-bond donors (Lipinski definition) is 2. The van der Waals surface area contributed by atoms with Crippen LogP contribution in [-0.2, 0) is 0 Å². The van der Waals surface area contributed by atoms with Gasteiger partial charge in [0.15, 0.2) is 17.4 Å². The van der Waals surface area contributed by atoms with E-state index in [9.17, 15) is 0 Å². The van der Waals surface area contributed by atoms with Gasteiger partial charge in [0.1, 0.15) is 0 Å². The molecule has 1 heterocycles. The van der Waals surface area contributed by atoms with Gasteiger partial charge in [0.25, 0.3) is 0 Å². The predicted octanol–water partition coefficient (Wildman–Crippen LogP) is -2.00. The highest BCUT2D eigenvalue weighted by molar-refractivity contribution is 5.75. The summed E-state index contributed by atoms with van der Waals surface area (Å²) in [5, 5.41) is 6.44. The Morgan fingerprint density at radius 3 is 1.14 bits per heavy atom. The van der Waals surface area contributed by atoms with Crippen molar-refractivity contribution >= 4 is 17.4 Å².